The van der Waals surface area contributed by atoms with E-state index in [4.69, 9.17) is 0 Å². The van der Waals surface area contributed by atoms with E-state index in [0.717, 1.165) is 6.42 Å². The summed E-state index contributed by atoms with van der Waals surface area (Å²) >= 11 is 0. The van der Waals surface area contributed by atoms with Crippen LogP contribution in [0.3, 0.4) is 0 Å². The fourth-order valence-corrected chi connectivity index (χ4v) is 5.23. The molecule has 0 nitrogen and oxygen atoms in total. The van der Waals surface area contributed by atoms with E-state index >= 15 is 0 Å². The minimum absolute atomic E-state index is 1.01. The summed E-state index contributed by atoms with van der Waals surface area (Å²) in [5.74, 6) is 0. The lowest BCUT2D eigenvalue weighted by Gasteiger charge is -2.17. The molecule has 0 radical (unpaired) electrons. The highest BCUT2D eigenvalue weighted by molar-refractivity contribution is 5.93. The predicted molar refractivity (Wildman–Crippen MR) is 143 cm³/mol. The Morgan fingerprint density at radius 3 is 1.76 bits per heavy atom. The van der Waals surface area contributed by atoms with Crippen LogP contribution >= 0.6 is 0 Å². The molecule has 0 heteroatoms. The Hall–Kier alpha value is -3.12. The second-order valence-electron chi connectivity index (χ2n) is 9.45. The molecule has 0 saturated carbocycles. The van der Waals surface area contributed by atoms with Crippen LogP contribution < -0.4 is 0 Å². The van der Waals surface area contributed by atoms with Gasteiger partial charge >= 0.3 is 0 Å². The van der Waals surface area contributed by atoms with Gasteiger partial charge in [0.15, 0.2) is 0 Å². The number of rotatable bonds is 8. The van der Waals surface area contributed by atoms with E-state index in [0.29, 0.717) is 0 Å². The molecule has 166 valence electrons. The number of benzene rings is 4. The van der Waals surface area contributed by atoms with Gasteiger partial charge in [-0.1, -0.05) is 112 Å². The van der Waals surface area contributed by atoms with Crippen molar-refractivity contribution >= 4 is 0 Å². The molecule has 0 aliphatic heterocycles. The van der Waals surface area contributed by atoms with Crippen LogP contribution in [0.2, 0.25) is 0 Å². The van der Waals surface area contributed by atoms with Crippen molar-refractivity contribution in [3.63, 3.8) is 0 Å². The molecule has 0 saturated heterocycles. The molecule has 0 spiro atoms. The second-order valence-corrected chi connectivity index (χ2v) is 9.45. The zero-order valence-corrected chi connectivity index (χ0v) is 20.0. The number of fused-ring (bicyclic) bond motifs is 3. The lowest BCUT2D eigenvalue weighted by molar-refractivity contribution is 0.795. The molecular weight excluding hydrogens is 396 g/mol. The molecule has 0 amide bonds. The molecule has 4 aromatic carbocycles. The van der Waals surface area contributed by atoms with Gasteiger partial charge in [0.25, 0.3) is 0 Å². The quantitative estimate of drug-likeness (QED) is 0.230. The molecule has 0 unspecified atom stereocenters. The van der Waals surface area contributed by atoms with Gasteiger partial charge < -0.3 is 0 Å². The van der Waals surface area contributed by atoms with Crippen molar-refractivity contribution in [2.45, 2.75) is 58.8 Å². The van der Waals surface area contributed by atoms with Crippen LogP contribution in [-0.2, 0) is 19.3 Å². The van der Waals surface area contributed by atoms with Crippen molar-refractivity contribution in [2.24, 2.45) is 0 Å². The van der Waals surface area contributed by atoms with Gasteiger partial charge in [0.2, 0.25) is 0 Å². The van der Waals surface area contributed by atoms with Gasteiger partial charge in [-0.15, -0.1) is 0 Å². The summed E-state index contributed by atoms with van der Waals surface area (Å²) in [4.78, 5) is 0. The summed E-state index contributed by atoms with van der Waals surface area (Å²) in [6.45, 7) is 4.52. The first-order valence-electron chi connectivity index (χ1n) is 12.7. The van der Waals surface area contributed by atoms with E-state index in [1.165, 1.54) is 94.2 Å². The normalized spacial score (nSPS) is 11.9. The molecule has 0 bridgehead atoms. The van der Waals surface area contributed by atoms with E-state index in [1.54, 1.807) is 0 Å². The number of hydrogen-bond donors (Lipinski definition) is 0. The Bertz CT molecular complexity index is 1230. The highest BCUT2D eigenvalue weighted by atomic mass is 14.3. The third-order valence-corrected chi connectivity index (χ3v) is 7.13. The largest absolute Gasteiger partial charge is 0.0654 e. The lowest BCUT2D eigenvalue weighted by atomic mass is 9.87. The highest BCUT2D eigenvalue weighted by Crippen LogP contribution is 2.46. The number of aryl methyl sites for hydroxylation is 2. The summed E-state index contributed by atoms with van der Waals surface area (Å²) in [5.41, 5.74) is 14.0. The van der Waals surface area contributed by atoms with E-state index in [-0.39, 0.29) is 0 Å². The third-order valence-electron chi connectivity index (χ3n) is 7.13. The summed E-state index contributed by atoms with van der Waals surface area (Å²) in [6.07, 6.45) is 8.34. The van der Waals surface area contributed by atoms with Gasteiger partial charge in [0.05, 0.1) is 0 Å². The van der Waals surface area contributed by atoms with Gasteiger partial charge in [0.1, 0.15) is 0 Å². The maximum absolute atomic E-state index is 2.35. The molecule has 4 aromatic rings. The first kappa shape index (κ1) is 21.7. The first-order chi connectivity index (χ1) is 16.3. The van der Waals surface area contributed by atoms with Crippen molar-refractivity contribution in [1.29, 1.82) is 0 Å². The SMILES string of the molecule is CCCCc1ccc(-c2ccc3c(c2-c2ccc(CCCC)cc2)Cc2ccccc2-3)cc1. The van der Waals surface area contributed by atoms with Crippen LogP contribution in [0.1, 0.15) is 61.8 Å². The molecule has 0 heterocycles. The van der Waals surface area contributed by atoms with E-state index in [9.17, 15) is 0 Å². The standard InChI is InChI=1S/C33H34/c1-3-5-9-24-13-17-26(18-14-24)30-21-22-31-29-12-8-7-11-28(29)23-32(31)33(30)27-19-15-25(16-20-27)10-6-4-2/h7-8,11-22H,3-6,9-10,23H2,1-2H3. The summed E-state index contributed by atoms with van der Waals surface area (Å²) < 4.78 is 0. The minimum atomic E-state index is 1.01. The molecule has 0 N–H and O–H groups in total. The molecule has 33 heavy (non-hydrogen) atoms. The Morgan fingerprint density at radius 2 is 1.12 bits per heavy atom. The average Bonchev–Trinajstić information content (AvgIpc) is 3.25. The molecule has 0 fully saturated rings. The third kappa shape index (κ3) is 4.40. The van der Waals surface area contributed by atoms with Gasteiger partial charge in [-0.25, -0.2) is 0 Å². The number of unbranched alkanes of at least 4 members (excludes halogenated alkanes) is 2. The fourth-order valence-electron chi connectivity index (χ4n) is 5.23. The fraction of sp³-hybridized carbons (Fsp3) is 0.273. The van der Waals surface area contributed by atoms with Crippen LogP contribution in [0.4, 0.5) is 0 Å². The Balaban J connectivity index is 1.60. The van der Waals surface area contributed by atoms with Crippen LogP contribution in [0.25, 0.3) is 33.4 Å². The van der Waals surface area contributed by atoms with Gasteiger partial charge in [0, 0.05) is 0 Å². The molecule has 1 aliphatic rings. The topological polar surface area (TPSA) is 0 Å². The average molecular weight is 431 g/mol. The van der Waals surface area contributed by atoms with Crippen LogP contribution in [-0.4, -0.2) is 0 Å². The monoisotopic (exact) mass is 430 g/mol. The minimum Gasteiger partial charge on any atom is -0.0654 e. The van der Waals surface area contributed by atoms with Crippen molar-refractivity contribution in [3.05, 3.63) is 107 Å². The van der Waals surface area contributed by atoms with E-state index < -0.39 is 0 Å². The van der Waals surface area contributed by atoms with Crippen LogP contribution in [0, 0.1) is 0 Å². The molecular formula is C33H34. The van der Waals surface area contributed by atoms with Gasteiger partial charge in [-0.05, 0) is 87.7 Å². The van der Waals surface area contributed by atoms with E-state index in [2.05, 4.69) is 98.8 Å². The van der Waals surface area contributed by atoms with Crippen LogP contribution in [0.5, 0.6) is 0 Å². The highest BCUT2D eigenvalue weighted by Gasteiger charge is 2.24. The molecule has 1 aliphatic carbocycles. The Labute approximate surface area is 199 Å². The maximum atomic E-state index is 2.35. The van der Waals surface area contributed by atoms with Gasteiger partial charge in [-0.2, -0.15) is 0 Å². The van der Waals surface area contributed by atoms with Crippen molar-refractivity contribution in [2.75, 3.05) is 0 Å². The maximum Gasteiger partial charge on any atom is -0.000706 e. The van der Waals surface area contributed by atoms with Crippen molar-refractivity contribution in [1.82, 2.24) is 0 Å². The summed E-state index contributed by atoms with van der Waals surface area (Å²) in [6, 6.07) is 32.3. The van der Waals surface area contributed by atoms with E-state index in [1.807, 2.05) is 0 Å². The Kier molecular flexibility index (Phi) is 6.44. The zero-order chi connectivity index (χ0) is 22.6. The number of hydrogen-bond acceptors (Lipinski definition) is 0. The smallest absolute Gasteiger partial charge is 0.000706 e. The molecule has 0 aromatic heterocycles. The predicted octanol–water partition coefficient (Wildman–Crippen LogP) is 9.28. The van der Waals surface area contributed by atoms with Gasteiger partial charge in [-0.3, -0.25) is 0 Å². The van der Waals surface area contributed by atoms with Crippen molar-refractivity contribution in [3.8, 4) is 33.4 Å². The summed E-state index contributed by atoms with van der Waals surface area (Å²) in [7, 11) is 0. The first-order valence-corrected chi connectivity index (χ1v) is 12.7. The second kappa shape index (κ2) is 9.79. The van der Waals surface area contributed by atoms with Crippen molar-refractivity contribution < 1.29 is 0 Å². The molecule has 5 rings (SSSR count). The lowest BCUT2D eigenvalue weighted by Crippen LogP contribution is -1.94. The Morgan fingerprint density at radius 1 is 0.545 bits per heavy atom. The zero-order valence-electron chi connectivity index (χ0n) is 20.0. The van der Waals surface area contributed by atoms with Crippen LogP contribution in [0.15, 0.2) is 84.9 Å². The summed E-state index contributed by atoms with van der Waals surface area (Å²) in [5, 5.41) is 0. The molecule has 0 atom stereocenters.